The molecule has 0 fully saturated rings. The minimum absolute atomic E-state index is 0.106. The van der Waals surface area contributed by atoms with Crippen LogP contribution in [0.1, 0.15) is 65.7 Å². The summed E-state index contributed by atoms with van der Waals surface area (Å²) in [5, 5.41) is 46.3. The van der Waals surface area contributed by atoms with Gasteiger partial charge in [-0.3, -0.25) is 9.59 Å². The zero-order valence-electron chi connectivity index (χ0n) is 18.3. The second kappa shape index (κ2) is 12.9. The van der Waals surface area contributed by atoms with Gasteiger partial charge in [-0.15, -0.1) is 0 Å². The lowest BCUT2D eigenvalue weighted by atomic mass is 9.67. The van der Waals surface area contributed by atoms with Crippen LogP contribution < -0.4 is 0 Å². The smallest absolute Gasteiger partial charge is 0.306 e. The molecule has 0 bridgehead atoms. The van der Waals surface area contributed by atoms with Crippen molar-refractivity contribution < 1.29 is 35.1 Å². The van der Waals surface area contributed by atoms with Crippen molar-refractivity contribution in [3.05, 3.63) is 23.8 Å². The van der Waals surface area contributed by atoms with Gasteiger partial charge in [0.2, 0.25) is 0 Å². The Morgan fingerprint density at radius 3 is 2.37 bits per heavy atom. The van der Waals surface area contributed by atoms with Crippen LogP contribution in [0.3, 0.4) is 0 Å². The first-order chi connectivity index (χ1) is 14.0. The Balaban J connectivity index is 0.000000553. The molecule has 0 aromatic heterocycles. The number of allylic oxidation sites excluding steroid dienone is 3. The second-order valence-electron chi connectivity index (χ2n) is 8.67. The molecule has 2 aliphatic rings. The second-order valence-corrected chi connectivity index (χ2v) is 8.67. The predicted molar refractivity (Wildman–Crippen MR) is 114 cm³/mol. The van der Waals surface area contributed by atoms with E-state index >= 15 is 0 Å². The zero-order chi connectivity index (χ0) is 22.8. The van der Waals surface area contributed by atoms with Crippen molar-refractivity contribution in [2.24, 2.45) is 23.7 Å². The summed E-state index contributed by atoms with van der Waals surface area (Å²) in [5.74, 6) is -0.670. The normalized spacial score (nSPS) is 28.3. The molecule has 7 heteroatoms. The highest BCUT2D eigenvalue weighted by atomic mass is 16.4. The third-order valence-corrected chi connectivity index (χ3v) is 6.19. The summed E-state index contributed by atoms with van der Waals surface area (Å²) in [7, 11) is 0. The molecule has 0 radical (unpaired) electrons. The van der Waals surface area contributed by atoms with Crippen LogP contribution in [0, 0.1) is 23.7 Å². The summed E-state index contributed by atoms with van der Waals surface area (Å²) in [6, 6.07) is 0. The number of rotatable bonds is 9. The van der Waals surface area contributed by atoms with Gasteiger partial charge in [-0.25, -0.2) is 0 Å². The number of carbonyl (C=O) groups is 2. The summed E-state index contributed by atoms with van der Waals surface area (Å²) in [6.07, 6.45) is 7.84. The van der Waals surface area contributed by atoms with Gasteiger partial charge < -0.3 is 25.5 Å². The molecule has 0 aliphatic heterocycles. The Bertz CT molecular complexity index is 613. The number of aliphatic hydroxyl groups is 3. The van der Waals surface area contributed by atoms with Gasteiger partial charge in [0.1, 0.15) is 0 Å². The highest BCUT2D eigenvalue weighted by Gasteiger charge is 2.33. The lowest BCUT2D eigenvalue weighted by molar-refractivity contribution is -0.141. The van der Waals surface area contributed by atoms with Gasteiger partial charge in [0, 0.05) is 0 Å². The fourth-order valence-corrected chi connectivity index (χ4v) is 4.10. The fraction of sp³-hybridized carbons (Fsp3) is 0.739. The highest BCUT2D eigenvalue weighted by molar-refractivity contribution is 5.69. The fourth-order valence-electron chi connectivity index (χ4n) is 4.10. The molecule has 5 N–H and O–H groups in total. The minimum atomic E-state index is -1.05. The lowest BCUT2D eigenvalue weighted by Gasteiger charge is -2.38. The van der Waals surface area contributed by atoms with E-state index in [0.29, 0.717) is 24.2 Å². The molecule has 0 aromatic rings. The quantitative estimate of drug-likeness (QED) is 0.382. The van der Waals surface area contributed by atoms with Crippen molar-refractivity contribution in [2.75, 3.05) is 0 Å². The largest absolute Gasteiger partial charge is 0.481 e. The molecular formula is C23H38O7. The van der Waals surface area contributed by atoms with E-state index in [1.807, 2.05) is 13.0 Å². The molecule has 2 aliphatic carbocycles. The predicted octanol–water partition coefficient (Wildman–Crippen LogP) is 2.99. The summed E-state index contributed by atoms with van der Waals surface area (Å²) in [5.41, 5.74) is 1.20. The molecule has 7 atom stereocenters. The van der Waals surface area contributed by atoms with Crippen LogP contribution in [0.15, 0.2) is 23.8 Å². The molecule has 0 heterocycles. The van der Waals surface area contributed by atoms with Crippen molar-refractivity contribution in [3.63, 3.8) is 0 Å². The molecule has 0 amide bonds. The van der Waals surface area contributed by atoms with E-state index in [9.17, 15) is 24.9 Å². The van der Waals surface area contributed by atoms with E-state index in [1.165, 1.54) is 5.57 Å². The van der Waals surface area contributed by atoms with E-state index in [1.54, 1.807) is 6.92 Å². The van der Waals surface area contributed by atoms with Crippen molar-refractivity contribution in [3.8, 4) is 0 Å². The molecule has 0 spiro atoms. The molecule has 2 rings (SSSR count). The number of aliphatic carboxylic acids is 2. The van der Waals surface area contributed by atoms with Gasteiger partial charge in [-0.05, 0) is 61.9 Å². The van der Waals surface area contributed by atoms with E-state index in [-0.39, 0.29) is 24.9 Å². The van der Waals surface area contributed by atoms with Gasteiger partial charge in [-0.2, -0.15) is 0 Å². The van der Waals surface area contributed by atoms with E-state index in [0.717, 1.165) is 25.7 Å². The van der Waals surface area contributed by atoms with E-state index in [4.69, 9.17) is 10.2 Å². The van der Waals surface area contributed by atoms with Crippen LogP contribution in [0.25, 0.3) is 0 Å². The van der Waals surface area contributed by atoms with Crippen molar-refractivity contribution >= 4 is 11.9 Å². The maximum Gasteiger partial charge on any atom is 0.306 e. The Morgan fingerprint density at radius 2 is 1.83 bits per heavy atom. The maximum absolute atomic E-state index is 10.5. The average molecular weight is 427 g/mol. The number of aliphatic hydroxyl groups excluding tert-OH is 3. The Labute approximate surface area is 179 Å². The lowest BCUT2D eigenvalue weighted by Crippen LogP contribution is -2.31. The van der Waals surface area contributed by atoms with Gasteiger partial charge >= 0.3 is 11.9 Å². The van der Waals surface area contributed by atoms with Gasteiger partial charge in [0.15, 0.2) is 0 Å². The number of carboxylic acids is 2. The van der Waals surface area contributed by atoms with Crippen LogP contribution in [0.5, 0.6) is 0 Å². The standard InChI is InChI=1S/C18H28O5.C5H10O2/c1-11-2-3-12-8-13(19)5-7-17(12)16(11)6-4-14(20)9-15(21)10-18(22)23;1-3-4(2)5(6)7/h2-3,8,11,13-17,19-21H,4-7,9-10H2,1H3,(H,22,23);4H,3H2,1-2H3,(H,6,7). The molecular weight excluding hydrogens is 388 g/mol. The summed E-state index contributed by atoms with van der Waals surface area (Å²) < 4.78 is 0. The van der Waals surface area contributed by atoms with Gasteiger partial charge in [0.25, 0.3) is 0 Å². The number of hydrogen-bond donors (Lipinski definition) is 5. The first-order valence-corrected chi connectivity index (χ1v) is 10.9. The third-order valence-electron chi connectivity index (χ3n) is 6.19. The Morgan fingerprint density at radius 1 is 1.17 bits per heavy atom. The average Bonchev–Trinajstić information content (AvgIpc) is 2.66. The minimum Gasteiger partial charge on any atom is -0.481 e. The maximum atomic E-state index is 10.5. The van der Waals surface area contributed by atoms with E-state index < -0.39 is 24.1 Å². The van der Waals surface area contributed by atoms with Crippen LogP contribution in [-0.4, -0.2) is 55.8 Å². The van der Waals surface area contributed by atoms with E-state index in [2.05, 4.69) is 19.1 Å². The first kappa shape index (κ1) is 26.3. The SMILES string of the molecule is CC1C=CC2=CC(O)CCC2C1CCC(O)CC(O)CC(=O)O.CCC(C)C(=O)O. The summed E-state index contributed by atoms with van der Waals surface area (Å²) in [6.45, 7) is 5.73. The Hall–Kier alpha value is -1.70. The van der Waals surface area contributed by atoms with Crippen molar-refractivity contribution in [2.45, 2.75) is 84.0 Å². The molecule has 172 valence electrons. The highest BCUT2D eigenvalue weighted by Crippen LogP contribution is 2.42. The van der Waals surface area contributed by atoms with Gasteiger partial charge in [0.05, 0.1) is 30.7 Å². The topological polar surface area (TPSA) is 135 Å². The number of carboxylic acid groups (broad SMARTS) is 2. The number of fused-ring (bicyclic) bond motifs is 1. The van der Waals surface area contributed by atoms with Crippen LogP contribution in [0.2, 0.25) is 0 Å². The van der Waals surface area contributed by atoms with Crippen molar-refractivity contribution in [1.82, 2.24) is 0 Å². The Kier molecular flexibility index (Phi) is 11.3. The first-order valence-electron chi connectivity index (χ1n) is 10.9. The molecule has 0 saturated carbocycles. The zero-order valence-corrected chi connectivity index (χ0v) is 18.3. The molecule has 0 aromatic carbocycles. The van der Waals surface area contributed by atoms with Crippen molar-refractivity contribution in [1.29, 1.82) is 0 Å². The summed E-state index contributed by atoms with van der Waals surface area (Å²) in [4.78, 5) is 20.5. The van der Waals surface area contributed by atoms with Crippen LogP contribution in [0.4, 0.5) is 0 Å². The van der Waals surface area contributed by atoms with Crippen LogP contribution >= 0.6 is 0 Å². The molecule has 0 saturated heterocycles. The number of hydrogen-bond acceptors (Lipinski definition) is 5. The monoisotopic (exact) mass is 426 g/mol. The molecule has 30 heavy (non-hydrogen) atoms. The molecule has 7 unspecified atom stereocenters. The van der Waals surface area contributed by atoms with Gasteiger partial charge in [-0.1, -0.05) is 39.0 Å². The third kappa shape index (κ3) is 8.98. The molecule has 7 nitrogen and oxygen atoms in total. The van der Waals surface area contributed by atoms with Crippen LogP contribution in [-0.2, 0) is 9.59 Å². The summed E-state index contributed by atoms with van der Waals surface area (Å²) >= 11 is 0.